The van der Waals surface area contributed by atoms with Gasteiger partial charge in [0.05, 0.1) is 17.8 Å². The van der Waals surface area contributed by atoms with Gasteiger partial charge in [0.1, 0.15) is 6.04 Å². The van der Waals surface area contributed by atoms with E-state index >= 15 is 0 Å². The van der Waals surface area contributed by atoms with Crippen LogP contribution in [-0.4, -0.2) is 65.3 Å². The second-order valence-electron chi connectivity index (χ2n) is 8.29. The summed E-state index contributed by atoms with van der Waals surface area (Å²) in [5, 5.41) is 5.78. The first-order valence-corrected chi connectivity index (χ1v) is 11.4. The van der Waals surface area contributed by atoms with Gasteiger partial charge >= 0.3 is 6.03 Å². The molecule has 0 aromatic heterocycles. The second-order valence-corrected chi connectivity index (χ2v) is 9.42. The zero-order valence-corrected chi connectivity index (χ0v) is 18.4. The van der Waals surface area contributed by atoms with Crippen LogP contribution in [0.5, 0.6) is 0 Å². The van der Waals surface area contributed by atoms with Crippen molar-refractivity contribution >= 4 is 46.2 Å². The minimum atomic E-state index is -0.665. The van der Waals surface area contributed by atoms with Crippen molar-refractivity contribution in [3.63, 3.8) is 0 Å². The topological polar surface area (TPSA) is 112 Å². The SMILES string of the molecule is COC1=NC=C(c2ccccc2)C2SC(NC(=O)N3CCC4(CC3)CC(=O)NC4=O)=NC12. The molecule has 4 aliphatic heterocycles. The highest BCUT2D eigenvalue weighted by atomic mass is 32.2. The first-order chi connectivity index (χ1) is 15.5. The van der Waals surface area contributed by atoms with E-state index in [0.29, 0.717) is 37.0 Å². The molecular weight excluding hydrogens is 430 g/mol. The Morgan fingerprint density at radius 1 is 1.25 bits per heavy atom. The number of nitrogens with one attached hydrogen (secondary N) is 2. The number of hydrogen-bond donors (Lipinski definition) is 2. The average Bonchev–Trinajstić information content (AvgIpc) is 3.34. The fourth-order valence-electron chi connectivity index (χ4n) is 4.62. The number of benzene rings is 1. The van der Waals surface area contributed by atoms with Crippen LogP contribution in [0.1, 0.15) is 24.8 Å². The summed E-state index contributed by atoms with van der Waals surface area (Å²) in [7, 11) is 1.57. The predicted octanol–water partition coefficient (Wildman–Crippen LogP) is 1.76. The number of amides is 4. The molecule has 1 aromatic carbocycles. The number of carbonyl (C=O) groups excluding carboxylic acids is 3. The van der Waals surface area contributed by atoms with Gasteiger partial charge < -0.3 is 9.64 Å². The van der Waals surface area contributed by atoms with E-state index in [1.165, 1.54) is 11.8 Å². The number of thioether (sulfide) groups is 1. The van der Waals surface area contributed by atoms with Crippen molar-refractivity contribution in [3.05, 3.63) is 42.1 Å². The first kappa shape index (κ1) is 20.7. The third-order valence-electron chi connectivity index (χ3n) is 6.44. The van der Waals surface area contributed by atoms with Crippen molar-refractivity contribution in [1.29, 1.82) is 0 Å². The van der Waals surface area contributed by atoms with E-state index in [1.807, 2.05) is 30.3 Å². The van der Waals surface area contributed by atoms with Gasteiger partial charge in [0.15, 0.2) is 5.17 Å². The van der Waals surface area contributed by atoms with Crippen LogP contribution in [-0.2, 0) is 14.3 Å². The highest BCUT2D eigenvalue weighted by molar-refractivity contribution is 8.15. The van der Waals surface area contributed by atoms with Crippen molar-refractivity contribution in [3.8, 4) is 0 Å². The molecule has 0 radical (unpaired) electrons. The molecule has 0 bridgehead atoms. The molecule has 2 fully saturated rings. The number of hydrogen-bond acceptors (Lipinski definition) is 7. The van der Waals surface area contributed by atoms with Crippen LogP contribution in [0, 0.1) is 5.41 Å². The van der Waals surface area contributed by atoms with Crippen molar-refractivity contribution in [2.45, 2.75) is 30.6 Å². The molecular formula is C22H23N5O4S. The third-order valence-corrected chi connectivity index (χ3v) is 7.64. The van der Waals surface area contributed by atoms with E-state index in [0.717, 1.165) is 11.1 Å². The molecule has 2 saturated heterocycles. The van der Waals surface area contributed by atoms with Crippen molar-refractivity contribution in [1.82, 2.24) is 15.5 Å². The highest BCUT2D eigenvalue weighted by Crippen LogP contribution is 2.40. The summed E-state index contributed by atoms with van der Waals surface area (Å²) in [4.78, 5) is 47.4. The second kappa shape index (κ2) is 8.09. The number of urea groups is 1. The summed E-state index contributed by atoms with van der Waals surface area (Å²) >= 11 is 1.48. The lowest BCUT2D eigenvalue weighted by Gasteiger charge is -2.36. The molecule has 4 amide bonds. The lowest BCUT2D eigenvalue weighted by Crippen LogP contribution is -2.50. The Balaban J connectivity index is 1.26. The number of likely N-dealkylation sites (tertiary alicyclic amines) is 1. The number of nitrogens with zero attached hydrogens (tertiary/aromatic N) is 3. The number of amidine groups is 1. The normalized spacial score (nSPS) is 26.2. The Kier molecular flexibility index (Phi) is 5.24. The molecule has 2 atom stereocenters. The minimum absolute atomic E-state index is 0.0435. The van der Waals surface area contributed by atoms with Gasteiger partial charge in [-0.25, -0.2) is 14.8 Å². The zero-order chi connectivity index (χ0) is 22.3. The van der Waals surface area contributed by atoms with Gasteiger partial charge in [-0.05, 0) is 24.0 Å². The van der Waals surface area contributed by atoms with Crippen LogP contribution in [0.4, 0.5) is 4.79 Å². The zero-order valence-electron chi connectivity index (χ0n) is 17.5. The van der Waals surface area contributed by atoms with Crippen molar-refractivity contribution in [2.24, 2.45) is 15.4 Å². The highest BCUT2D eigenvalue weighted by Gasteiger charge is 2.49. The summed E-state index contributed by atoms with van der Waals surface area (Å²) in [6.07, 6.45) is 2.97. The van der Waals surface area contributed by atoms with Gasteiger partial charge in [0.2, 0.25) is 17.7 Å². The smallest absolute Gasteiger partial charge is 0.323 e. The van der Waals surface area contributed by atoms with E-state index in [1.54, 1.807) is 18.2 Å². The van der Waals surface area contributed by atoms with Crippen molar-refractivity contribution < 1.29 is 19.1 Å². The molecule has 1 aromatic rings. The molecule has 2 N–H and O–H groups in total. The van der Waals surface area contributed by atoms with Gasteiger partial charge in [-0.15, -0.1) is 0 Å². The van der Waals surface area contributed by atoms with Gasteiger partial charge in [-0.3, -0.25) is 20.2 Å². The lowest BCUT2D eigenvalue weighted by molar-refractivity contribution is -0.130. The van der Waals surface area contributed by atoms with Crippen LogP contribution in [0.2, 0.25) is 0 Å². The van der Waals surface area contributed by atoms with Crippen LogP contribution in [0.3, 0.4) is 0 Å². The Bertz CT molecular complexity index is 1060. The Hall–Kier alpha value is -3.14. The maximum Gasteiger partial charge on any atom is 0.323 e. The van der Waals surface area contributed by atoms with E-state index < -0.39 is 5.41 Å². The Morgan fingerprint density at radius 3 is 2.66 bits per heavy atom. The van der Waals surface area contributed by atoms with Crippen LogP contribution in [0.15, 0.2) is 46.5 Å². The summed E-state index contributed by atoms with van der Waals surface area (Å²) in [5.41, 5.74) is 1.43. The fourth-order valence-corrected chi connectivity index (χ4v) is 5.81. The van der Waals surface area contributed by atoms with Crippen LogP contribution in [0.25, 0.3) is 5.57 Å². The van der Waals surface area contributed by atoms with E-state index in [9.17, 15) is 14.4 Å². The molecule has 4 heterocycles. The molecule has 0 saturated carbocycles. The number of ether oxygens (including phenoxy) is 1. The van der Waals surface area contributed by atoms with Crippen LogP contribution < -0.4 is 10.6 Å². The predicted molar refractivity (Wildman–Crippen MR) is 121 cm³/mol. The van der Waals surface area contributed by atoms with E-state index in [4.69, 9.17) is 4.74 Å². The molecule has 166 valence electrons. The van der Waals surface area contributed by atoms with Gasteiger partial charge in [0, 0.05) is 25.7 Å². The summed E-state index contributed by atoms with van der Waals surface area (Å²) < 4.78 is 5.43. The lowest BCUT2D eigenvalue weighted by atomic mass is 9.77. The van der Waals surface area contributed by atoms with Gasteiger partial charge in [-0.1, -0.05) is 42.1 Å². The Morgan fingerprint density at radius 2 is 2.00 bits per heavy atom. The summed E-state index contributed by atoms with van der Waals surface area (Å²) in [6, 6.07) is 9.42. The number of carbonyl (C=O) groups is 3. The van der Waals surface area contributed by atoms with Crippen molar-refractivity contribution in [2.75, 3.05) is 20.2 Å². The van der Waals surface area contributed by atoms with Gasteiger partial charge in [0.25, 0.3) is 0 Å². The number of imide groups is 1. The average molecular weight is 454 g/mol. The molecule has 5 rings (SSSR count). The Labute approximate surface area is 189 Å². The molecule has 4 aliphatic rings. The molecule has 1 spiro atoms. The van der Waals surface area contributed by atoms with E-state index in [2.05, 4.69) is 20.6 Å². The van der Waals surface area contributed by atoms with Crippen LogP contribution >= 0.6 is 11.8 Å². The molecule has 2 unspecified atom stereocenters. The molecule has 9 nitrogen and oxygen atoms in total. The summed E-state index contributed by atoms with van der Waals surface area (Å²) in [6.45, 7) is 0.828. The van der Waals surface area contributed by atoms with E-state index in [-0.39, 0.29) is 35.6 Å². The summed E-state index contributed by atoms with van der Waals surface area (Å²) in [5.74, 6) is 0.0716. The largest absolute Gasteiger partial charge is 0.482 e. The maximum atomic E-state index is 12.9. The standard InChI is InChI=1S/C22H23N5O4S/c1-31-18-16-17(14(12-23-18)13-5-3-2-4-6-13)32-20(25-16)26-21(30)27-9-7-22(8-10-27)11-15(28)24-19(22)29/h2-6,12,16-17H,7-11H2,1H3,(H,24,28,29)(H,25,26,30). The number of rotatable bonds is 1. The fraction of sp³-hybridized carbons (Fsp3) is 0.409. The molecule has 32 heavy (non-hydrogen) atoms. The third kappa shape index (κ3) is 3.58. The quantitative estimate of drug-likeness (QED) is 0.630. The number of methoxy groups -OCH3 is 1. The number of aliphatic imine (C=N–C) groups is 2. The maximum absolute atomic E-state index is 12.9. The molecule has 10 heteroatoms. The number of fused-ring (bicyclic) bond motifs is 1. The minimum Gasteiger partial charge on any atom is -0.482 e. The molecule has 0 aliphatic carbocycles. The van der Waals surface area contributed by atoms with Gasteiger partial charge in [-0.2, -0.15) is 0 Å². The monoisotopic (exact) mass is 453 g/mol. The first-order valence-electron chi connectivity index (χ1n) is 10.5. The number of piperidine rings is 1.